The molecule has 2 aromatic heterocycles. The number of nitrogens with one attached hydrogen (secondary N) is 1. The molecule has 132 valence electrons. The van der Waals surface area contributed by atoms with E-state index < -0.39 is 23.2 Å². The minimum absolute atomic E-state index is 0.391. The molecule has 25 heavy (non-hydrogen) atoms. The van der Waals surface area contributed by atoms with Crippen molar-refractivity contribution < 1.29 is 9.90 Å². The van der Waals surface area contributed by atoms with Crippen LogP contribution in [0, 0.1) is 11.3 Å². The summed E-state index contributed by atoms with van der Waals surface area (Å²) in [5.74, 6) is -1.61. The number of fused-ring (bicyclic) bond motifs is 1. The van der Waals surface area contributed by atoms with Gasteiger partial charge in [-0.3, -0.25) is 4.79 Å². The zero-order chi connectivity index (χ0) is 18.2. The fraction of sp³-hybridized carbons (Fsp3) is 0.438. The Hall–Kier alpha value is -2.55. The first-order chi connectivity index (χ1) is 11.8. The van der Waals surface area contributed by atoms with Crippen molar-refractivity contribution in [3.05, 3.63) is 29.6 Å². The number of H-pyrrole nitrogens is 1. The number of hydrogen-bond acceptors (Lipinski definition) is 7. The van der Waals surface area contributed by atoms with Gasteiger partial charge in [-0.05, 0) is 23.5 Å². The van der Waals surface area contributed by atoms with E-state index in [0.29, 0.717) is 17.4 Å². The van der Waals surface area contributed by atoms with Crippen LogP contribution < -0.4 is 5.73 Å². The number of aromatic nitrogens is 5. The van der Waals surface area contributed by atoms with Gasteiger partial charge >= 0.3 is 5.97 Å². The first-order valence-electron chi connectivity index (χ1n) is 7.87. The molecule has 0 spiro atoms. The number of nitrogen functional groups attached to an aromatic ring is 1. The molecule has 8 nitrogen and oxygen atoms in total. The van der Waals surface area contributed by atoms with Gasteiger partial charge in [0, 0.05) is 5.92 Å². The minimum Gasteiger partial charge on any atom is -0.481 e. The maximum absolute atomic E-state index is 12.0. The molecule has 0 amide bonds. The first kappa shape index (κ1) is 17.3. The van der Waals surface area contributed by atoms with Crippen molar-refractivity contribution in [3.8, 4) is 0 Å². The number of aliphatic carboxylic acids is 1. The number of nitrogens with two attached hydrogens (primary N) is 1. The van der Waals surface area contributed by atoms with Gasteiger partial charge in [-0.15, -0.1) is 10.2 Å². The van der Waals surface area contributed by atoms with Gasteiger partial charge in [0.1, 0.15) is 0 Å². The van der Waals surface area contributed by atoms with Crippen LogP contribution in [0.15, 0.2) is 18.2 Å². The third-order valence-electron chi connectivity index (χ3n) is 4.25. The molecule has 2 unspecified atom stereocenters. The smallest absolute Gasteiger partial charge is 0.307 e. The van der Waals surface area contributed by atoms with E-state index in [1.807, 2.05) is 39.0 Å². The number of tetrazole rings is 1. The number of anilines is 1. The molecule has 0 saturated carbocycles. The number of benzene rings is 1. The molecule has 4 N–H and O–H groups in total. The summed E-state index contributed by atoms with van der Waals surface area (Å²) in [5.41, 5.74) is 7.08. The fourth-order valence-electron chi connectivity index (χ4n) is 3.26. The molecule has 0 saturated heterocycles. The average Bonchev–Trinajstić information content (AvgIpc) is 3.13. The molecule has 3 aromatic rings. The van der Waals surface area contributed by atoms with Crippen molar-refractivity contribution in [2.75, 3.05) is 5.73 Å². The Bertz CT molecular complexity index is 884. The quantitative estimate of drug-likeness (QED) is 0.637. The third kappa shape index (κ3) is 3.46. The standard InChI is InChI=1S/C16H20N6O2S/c1-16(2,3)11(14(23)24)9(13-19-21-22-20-13)7-8-5-4-6-10-12(8)18-15(17)25-10/h4-6,9,11H,7H2,1-3H3,(H2,17,18)(H,23,24)(H,19,20,21,22). The van der Waals surface area contributed by atoms with Crippen LogP contribution in [0.5, 0.6) is 0 Å². The van der Waals surface area contributed by atoms with Crippen LogP contribution >= 0.6 is 11.3 Å². The topological polar surface area (TPSA) is 131 Å². The summed E-state index contributed by atoms with van der Waals surface area (Å²) in [5, 5.41) is 24.5. The lowest BCUT2D eigenvalue weighted by atomic mass is 9.71. The number of thiazole rings is 1. The second-order valence-electron chi connectivity index (χ2n) is 7.08. The number of rotatable bonds is 5. The highest BCUT2D eigenvalue weighted by molar-refractivity contribution is 7.22. The minimum atomic E-state index is -0.882. The SMILES string of the molecule is CC(C)(C)C(C(=O)O)C(Cc1cccc2sc(N)nc12)c1nn[nH]n1. The summed E-state index contributed by atoms with van der Waals surface area (Å²) in [4.78, 5) is 16.4. The van der Waals surface area contributed by atoms with Crippen LogP contribution in [0.2, 0.25) is 0 Å². The van der Waals surface area contributed by atoms with Crippen molar-refractivity contribution in [2.45, 2.75) is 33.1 Å². The van der Waals surface area contributed by atoms with Crippen LogP contribution in [-0.2, 0) is 11.2 Å². The number of hydrogen-bond donors (Lipinski definition) is 3. The van der Waals surface area contributed by atoms with Gasteiger partial charge in [-0.2, -0.15) is 5.21 Å². The monoisotopic (exact) mass is 360 g/mol. The van der Waals surface area contributed by atoms with E-state index in [1.54, 1.807) is 0 Å². The van der Waals surface area contributed by atoms with E-state index in [-0.39, 0.29) is 0 Å². The molecule has 0 aliphatic carbocycles. The molecule has 2 heterocycles. The normalized spacial score (nSPS) is 14.5. The van der Waals surface area contributed by atoms with E-state index in [4.69, 9.17) is 5.73 Å². The lowest BCUT2D eigenvalue weighted by Crippen LogP contribution is -2.35. The molecule has 2 atom stereocenters. The molecule has 0 aliphatic rings. The summed E-state index contributed by atoms with van der Waals surface area (Å²) < 4.78 is 0.976. The Morgan fingerprint density at radius 1 is 1.40 bits per heavy atom. The van der Waals surface area contributed by atoms with E-state index in [2.05, 4.69) is 25.6 Å². The maximum atomic E-state index is 12.0. The molecular weight excluding hydrogens is 340 g/mol. The zero-order valence-corrected chi connectivity index (χ0v) is 15.0. The molecule has 0 bridgehead atoms. The Kier molecular flexibility index (Phi) is 4.42. The van der Waals surface area contributed by atoms with Crippen LogP contribution in [-0.4, -0.2) is 36.7 Å². The predicted molar refractivity (Wildman–Crippen MR) is 95.2 cm³/mol. The predicted octanol–water partition coefficient (Wildman–Crippen LogP) is 2.46. The number of carboxylic acids is 1. The lowest BCUT2D eigenvalue weighted by Gasteiger charge is -2.32. The second-order valence-corrected chi connectivity index (χ2v) is 8.14. The number of carboxylic acid groups (broad SMARTS) is 1. The summed E-state index contributed by atoms with van der Waals surface area (Å²) >= 11 is 1.41. The lowest BCUT2D eigenvalue weighted by molar-refractivity contribution is -0.146. The van der Waals surface area contributed by atoms with Crippen LogP contribution in [0.1, 0.15) is 38.1 Å². The van der Waals surface area contributed by atoms with E-state index in [9.17, 15) is 9.90 Å². The molecule has 0 aliphatic heterocycles. The molecule has 9 heteroatoms. The van der Waals surface area contributed by atoms with E-state index in [0.717, 1.165) is 15.8 Å². The molecule has 1 aromatic carbocycles. The molecule has 0 radical (unpaired) electrons. The van der Waals surface area contributed by atoms with Gasteiger partial charge < -0.3 is 10.8 Å². The van der Waals surface area contributed by atoms with Crippen molar-refractivity contribution in [2.24, 2.45) is 11.3 Å². The zero-order valence-electron chi connectivity index (χ0n) is 14.2. The molecular formula is C16H20N6O2S. The van der Waals surface area contributed by atoms with Crippen LogP contribution in [0.4, 0.5) is 5.13 Å². The maximum Gasteiger partial charge on any atom is 0.307 e. The number of carbonyl (C=O) groups is 1. The van der Waals surface area contributed by atoms with Gasteiger partial charge in [0.2, 0.25) is 0 Å². The van der Waals surface area contributed by atoms with Crippen LogP contribution in [0.3, 0.4) is 0 Å². The van der Waals surface area contributed by atoms with Gasteiger partial charge in [0.15, 0.2) is 11.0 Å². The second kappa shape index (κ2) is 6.40. The number of para-hydroxylation sites is 1. The van der Waals surface area contributed by atoms with Gasteiger partial charge in [0.25, 0.3) is 0 Å². The van der Waals surface area contributed by atoms with Crippen molar-refractivity contribution >= 4 is 32.7 Å². The summed E-state index contributed by atoms with van der Waals surface area (Å²) in [6, 6.07) is 5.82. The largest absolute Gasteiger partial charge is 0.481 e. The highest BCUT2D eigenvalue weighted by atomic mass is 32.1. The Morgan fingerprint density at radius 2 is 2.16 bits per heavy atom. The van der Waals surface area contributed by atoms with E-state index >= 15 is 0 Å². The number of aromatic amines is 1. The van der Waals surface area contributed by atoms with Crippen LogP contribution in [0.25, 0.3) is 10.2 Å². The van der Waals surface area contributed by atoms with Gasteiger partial charge in [0.05, 0.1) is 16.1 Å². The Labute approximate surface area is 148 Å². The number of nitrogens with zero attached hydrogens (tertiary/aromatic N) is 4. The fourth-order valence-corrected chi connectivity index (χ4v) is 4.04. The third-order valence-corrected chi connectivity index (χ3v) is 5.10. The Morgan fingerprint density at radius 3 is 2.76 bits per heavy atom. The van der Waals surface area contributed by atoms with E-state index in [1.165, 1.54) is 11.3 Å². The van der Waals surface area contributed by atoms with Gasteiger partial charge in [-0.25, -0.2) is 4.98 Å². The Balaban J connectivity index is 2.07. The van der Waals surface area contributed by atoms with Gasteiger partial charge in [-0.1, -0.05) is 49.5 Å². The summed E-state index contributed by atoms with van der Waals surface area (Å²) in [6.45, 7) is 5.71. The van der Waals surface area contributed by atoms with Crippen molar-refractivity contribution in [3.63, 3.8) is 0 Å². The van der Waals surface area contributed by atoms with Crippen molar-refractivity contribution in [1.82, 2.24) is 25.6 Å². The summed E-state index contributed by atoms with van der Waals surface area (Å²) in [7, 11) is 0. The van der Waals surface area contributed by atoms with Crippen molar-refractivity contribution in [1.29, 1.82) is 0 Å². The first-order valence-corrected chi connectivity index (χ1v) is 8.69. The summed E-state index contributed by atoms with van der Waals surface area (Å²) in [6.07, 6.45) is 0.439. The molecule has 3 rings (SSSR count). The highest BCUT2D eigenvalue weighted by Crippen LogP contribution is 2.40. The highest BCUT2D eigenvalue weighted by Gasteiger charge is 2.41. The average molecular weight is 360 g/mol. The molecule has 0 fully saturated rings.